The van der Waals surface area contributed by atoms with Crippen LogP contribution >= 0.6 is 0 Å². The largest absolute Gasteiger partial charge is 0.481 e. The van der Waals surface area contributed by atoms with Crippen molar-refractivity contribution in [1.29, 1.82) is 0 Å². The van der Waals surface area contributed by atoms with E-state index >= 15 is 0 Å². The van der Waals surface area contributed by atoms with Gasteiger partial charge in [-0.2, -0.15) is 0 Å². The van der Waals surface area contributed by atoms with Crippen LogP contribution in [0, 0.1) is 11.8 Å². The normalized spacial score (nSPS) is 14.0. The van der Waals surface area contributed by atoms with Gasteiger partial charge in [-0.3, -0.25) is 19.2 Å². The lowest BCUT2D eigenvalue weighted by Gasteiger charge is -2.25. The van der Waals surface area contributed by atoms with E-state index in [1.54, 1.807) is 13.8 Å². The first-order valence-corrected chi connectivity index (χ1v) is 9.42. The highest BCUT2D eigenvalue weighted by Crippen LogP contribution is 2.08. The fourth-order valence-corrected chi connectivity index (χ4v) is 2.58. The van der Waals surface area contributed by atoms with Crippen molar-refractivity contribution in [2.45, 2.75) is 65.1 Å². The first-order valence-electron chi connectivity index (χ1n) is 9.42. The number of hydrogen-bond donors (Lipinski definition) is 6. The van der Waals surface area contributed by atoms with Crippen LogP contribution in [-0.2, 0) is 24.0 Å². The van der Waals surface area contributed by atoms with Gasteiger partial charge in [-0.1, -0.05) is 27.7 Å². The van der Waals surface area contributed by atoms with E-state index < -0.39 is 54.2 Å². The molecule has 166 valence electrons. The Kier molecular flexibility index (Phi) is 11.5. The van der Waals surface area contributed by atoms with E-state index in [0.29, 0.717) is 0 Å². The van der Waals surface area contributed by atoms with Crippen LogP contribution in [0.3, 0.4) is 0 Å². The van der Waals surface area contributed by atoms with E-state index in [2.05, 4.69) is 16.0 Å². The molecule has 0 aliphatic carbocycles. The summed E-state index contributed by atoms with van der Waals surface area (Å²) in [7, 11) is 0. The van der Waals surface area contributed by atoms with Crippen LogP contribution in [-0.4, -0.2) is 64.5 Å². The summed E-state index contributed by atoms with van der Waals surface area (Å²) >= 11 is 0. The van der Waals surface area contributed by atoms with E-state index in [9.17, 15) is 29.1 Å². The molecule has 3 atom stereocenters. The highest BCUT2D eigenvalue weighted by molar-refractivity contribution is 5.95. The van der Waals surface area contributed by atoms with Crippen molar-refractivity contribution in [1.82, 2.24) is 16.0 Å². The molecular formula is C18H32N4O7. The van der Waals surface area contributed by atoms with E-state index in [1.807, 2.05) is 13.8 Å². The Hall–Kier alpha value is -2.69. The van der Waals surface area contributed by atoms with Gasteiger partial charge in [-0.25, -0.2) is 4.79 Å². The van der Waals surface area contributed by atoms with Gasteiger partial charge in [-0.15, -0.1) is 0 Å². The minimum atomic E-state index is -1.50. The molecule has 3 unspecified atom stereocenters. The molecule has 0 rings (SSSR count). The number of nitrogens with one attached hydrogen (secondary N) is 3. The van der Waals surface area contributed by atoms with Gasteiger partial charge in [0.1, 0.15) is 18.1 Å². The standard InChI is InChI=1S/C18H32N4O7/c1-9(2)5-11(20-14(23)8-19)16(26)21-12(7-15(24)25)17(27)22-13(18(28)29)6-10(3)4/h9-13H,5-8,19H2,1-4H3,(H,20,23)(H,21,26)(H,22,27)(H,24,25)(H,28,29). The monoisotopic (exact) mass is 416 g/mol. The van der Waals surface area contributed by atoms with Gasteiger partial charge >= 0.3 is 11.9 Å². The second-order valence-electron chi connectivity index (χ2n) is 7.64. The topological polar surface area (TPSA) is 188 Å². The molecule has 7 N–H and O–H groups in total. The molecule has 0 spiro atoms. The zero-order valence-electron chi connectivity index (χ0n) is 17.2. The quantitative estimate of drug-likeness (QED) is 0.221. The highest BCUT2D eigenvalue weighted by Gasteiger charge is 2.31. The first-order chi connectivity index (χ1) is 13.4. The lowest BCUT2D eigenvalue weighted by Crippen LogP contribution is -2.57. The number of carboxylic acids is 2. The smallest absolute Gasteiger partial charge is 0.326 e. The highest BCUT2D eigenvalue weighted by atomic mass is 16.4. The second kappa shape index (κ2) is 12.7. The molecule has 0 aliphatic rings. The Bertz CT molecular complexity index is 607. The van der Waals surface area contributed by atoms with Crippen molar-refractivity contribution < 1.29 is 34.2 Å². The molecule has 0 saturated heterocycles. The number of carbonyl (C=O) groups is 5. The zero-order valence-corrected chi connectivity index (χ0v) is 17.2. The van der Waals surface area contributed by atoms with Crippen molar-refractivity contribution in [3.8, 4) is 0 Å². The van der Waals surface area contributed by atoms with Crippen LogP contribution in [0.1, 0.15) is 47.0 Å². The average molecular weight is 416 g/mol. The third-order valence-corrected chi connectivity index (χ3v) is 3.88. The molecular weight excluding hydrogens is 384 g/mol. The van der Waals surface area contributed by atoms with E-state index in [0.717, 1.165) is 0 Å². The molecule has 11 nitrogen and oxygen atoms in total. The van der Waals surface area contributed by atoms with Crippen LogP contribution in [0.2, 0.25) is 0 Å². The minimum absolute atomic E-state index is 0.0120. The summed E-state index contributed by atoms with van der Waals surface area (Å²) in [5.41, 5.74) is 5.25. The lowest BCUT2D eigenvalue weighted by molar-refractivity contribution is -0.144. The van der Waals surface area contributed by atoms with Gasteiger partial charge in [0.2, 0.25) is 17.7 Å². The number of rotatable bonds is 13. The van der Waals surface area contributed by atoms with Crippen LogP contribution in [0.15, 0.2) is 0 Å². The predicted octanol–water partition coefficient (Wildman–Crippen LogP) is -0.949. The summed E-state index contributed by atoms with van der Waals surface area (Å²) in [4.78, 5) is 59.1. The molecule has 3 amide bonds. The van der Waals surface area contributed by atoms with Gasteiger partial charge in [0, 0.05) is 0 Å². The van der Waals surface area contributed by atoms with Crippen LogP contribution < -0.4 is 21.7 Å². The Morgan fingerprint density at radius 3 is 1.62 bits per heavy atom. The van der Waals surface area contributed by atoms with E-state index in [4.69, 9.17) is 10.8 Å². The predicted molar refractivity (Wildman–Crippen MR) is 104 cm³/mol. The number of amides is 3. The van der Waals surface area contributed by atoms with Crippen molar-refractivity contribution >= 4 is 29.7 Å². The van der Waals surface area contributed by atoms with Gasteiger partial charge < -0.3 is 31.9 Å². The van der Waals surface area contributed by atoms with Gasteiger partial charge in [0.05, 0.1) is 13.0 Å². The minimum Gasteiger partial charge on any atom is -0.481 e. The third-order valence-electron chi connectivity index (χ3n) is 3.88. The van der Waals surface area contributed by atoms with Crippen molar-refractivity contribution in [3.63, 3.8) is 0 Å². The SMILES string of the molecule is CC(C)CC(NC(=O)C(CC(=O)O)NC(=O)C(CC(C)C)NC(=O)CN)C(=O)O. The van der Waals surface area contributed by atoms with Crippen molar-refractivity contribution in [2.75, 3.05) is 6.54 Å². The molecule has 0 radical (unpaired) electrons. The number of aliphatic carboxylic acids is 2. The molecule has 0 heterocycles. The summed E-state index contributed by atoms with van der Waals surface area (Å²) in [5, 5.41) is 25.3. The molecule has 0 bridgehead atoms. The fourth-order valence-electron chi connectivity index (χ4n) is 2.58. The van der Waals surface area contributed by atoms with Gasteiger partial charge in [-0.05, 0) is 24.7 Å². The van der Waals surface area contributed by atoms with Gasteiger partial charge in [0.15, 0.2) is 0 Å². The summed E-state index contributed by atoms with van der Waals surface area (Å²) in [6.07, 6.45) is -0.369. The van der Waals surface area contributed by atoms with Crippen LogP contribution in [0.25, 0.3) is 0 Å². The number of carbonyl (C=O) groups excluding carboxylic acids is 3. The Morgan fingerprint density at radius 1 is 0.759 bits per heavy atom. The molecule has 0 aromatic heterocycles. The molecule has 29 heavy (non-hydrogen) atoms. The third kappa shape index (κ3) is 11.0. The number of carboxylic acid groups (broad SMARTS) is 2. The Labute approximate surface area is 169 Å². The van der Waals surface area contributed by atoms with Crippen molar-refractivity contribution in [2.24, 2.45) is 17.6 Å². The van der Waals surface area contributed by atoms with Crippen LogP contribution in [0.5, 0.6) is 0 Å². The Morgan fingerprint density at radius 2 is 1.21 bits per heavy atom. The maximum Gasteiger partial charge on any atom is 0.326 e. The van der Waals surface area contributed by atoms with Gasteiger partial charge in [0.25, 0.3) is 0 Å². The number of nitrogens with two attached hydrogens (primary N) is 1. The Balaban J connectivity index is 5.38. The molecule has 0 aliphatic heterocycles. The summed E-state index contributed by atoms with van der Waals surface area (Å²) in [6.45, 7) is 6.85. The van der Waals surface area contributed by atoms with Crippen LogP contribution in [0.4, 0.5) is 0 Å². The maximum atomic E-state index is 12.6. The van der Waals surface area contributed by atoms with E-state index in [-0.39, 0.29) is 31.2 Å². The molecule has 0 saturated carbocycles. The zero-order chi connectivity index (χ0) is 22.7. The molecule has 0 aromatic carbocycles. The fraction of sp³-hybridized carbons (Fsp3) is 0.722. The summed E-state index contributed by atoms with van der Waals surface area (Å²) in [5.74, 6) is -4.90. The molecule has 0 aromatic rings. The summed E-state index contributed by atoms with van der Waals surface area (Å²) < 4.78 is 0. The van der Waals surface area contributed by atoms with Crippen molar-refractivity contribution in [3.05, 3.63) is 0 Å². The molecule has 0 fully saturated rings. The number of hydrogen-bond acceptors (Lipinski definition) is 6. The first kappa shape index (κ1) is 26.3. The lowest BCUT2D eigenvalue weighted by atomic mass is 10.0. The molecule has 11 heteroatoms. The maximum absolute atomic E-state index is 12.6. The average Bonchev–Trinajstić information content (AvgIpc) is 2.58. The summed E-state index contributed by atoms with van der Waals surface area (Å²) in [6, 6.07) is -3.74. The second-order valence-corrected chi connectivity index (χ2v) is 7.64. The van der Waals surface area contributed by atoms with E-state index in [1.165, 1.54) is 0 Å².